The van der Waals surface area contributed by atoms with Gasteiger partial charge in [-0.05, 0) is 24.1 Å². The summed E-state index contributed by atoms with van der Waals surface area (Å²) in [6.45, 7) is 10.1. The van der Waals surface area contributed by atoms with E-state index in [1.807, 2.05) is 13.0 Å². The Balaban J connectivity index is 2.25. The van der Waals surface area contributed by atoms with Crippen LogP contribution in [0.15, 0.2) is 35.2 Å². The highest BCUT2D eigenvalue weighted by molar-refractivity contribution is 7.91. The van der Waals surface area contributed by atoms with Gasteiger partial charge in [-0.15, -0.1) is 0 Å². The molecule has 22 heavy (non-hydrogen) atoms. The van der Waals surface area contributed by atoms with Crippen LogP contribution >= 0.6 is 0 Å². The highest BCUT2D eigenvalue weighted by Gasteiger charge is 2.18. The molecule has 0 spiro atoms. The number of rotatable bonds is 10. The van der Waals surface area contributed by atoms with E-state index in [1.165, 1.54) is 0 Å². The molecule has 1 aromatic carbocycles. The minimum atomic E-state index is -3.24. The maximum absolute atomic E-state index is 12.2. The second-order valence-corrected chi connectivity index (χ2v) is 14.6. The van der Waals surface area contributed by atoms with Crippen molar-refractivity contribution in [3.63, 3.8) is 0 Å². The zero-order chi connectivity index (χ0) is 16.6. The Kier molecular flexibility index (Phi) is 7.75. The van der Waals surface area contributed by atoms with E-state index in [9.17, 15) is 8.42 Å². The standard InChI is InChI=1S/C16H28O4SSi/c1-15(12-20-14-19-10-11-22(2,3)4)13-21(17,18)16-8-6-5-7-9-16/h5-9,15H,10-14H2,1-4H3/t15-/m1/s1. The summed E-state index contributed by atoms with van der Waals surface area (Å²) in [6, 6.07) is 9.64. The minimum absolute atomic E-state index is 0.0641. The van der Waals surface area contributed by atoms with Gasteiger partial charge in [0.25, 0.3) is 0 Å². The number of hydrogen-bond donors (Lipinski definition) is 0. The van der Waals surface area contributed by atoms with E-state index in [4.69, 9.17) is 9.47 Å². The van der Waals surface area contributed by atoms with E-state index in [2.05, 4.69) is 19.6 Å². The Labute approximate surface area is 135 Å². The van der Waals surface area contributed by atoms with E-state index in [0.717, 1.165) is 6.04 Å². The van der Waals surface area contributed by atoms with Crippen molar-refractivity contribution in [1.29, 1.82) is 0 Å². The van der Waals surface area contributed by atoms with E-state index in [1.54, 1.807) is 24.3 Å². The second-order valence-electron chi connectivity index (χ2n) is 6.91. The molecule has 0 aromatic heterocycles. The predicted molar refractivity (Wildman–Crippen MR) is 92.6 cm³/mol. The third-order valence-corrected chi connectivity index (χ3v) is 6.87. The minimum Gasteiger partial charge on any atom is -0.356 e. The maximum atomic E-state index is 12.2. The summed E-state index contributed by atoms with van der Waals surface area (Å²) in [7, 11) is -4.31. The lowest BCUT2D eigenvalue weighted by atomic mass is 10.2. The van der Waals surface area contributed by atoms with Gasteiger partial charge in [0.05, 0.1) is 17.3 Å². The molecule has 0 aliphatic heterocycles. The molecule has 0 heterocycles. The Bertz CT molecular complexity index is 523. The first-order chi connectivity index (χ1) is 10.2. The van der Waals surface area contributed by atoms with Gasteiger partial charge >= 0.3 is 0 Å². The normalized spacial score (nSPS) is 14.0. The molecule has 1 aromatic rings. The first kappa shape index (κ1) is 19.4. The Hall–Kier alpha value is -0.693. The van der Waals surface area contributed by atoms with Crippen LogP contribution in [0.1, 0.15) is 6.92 Å². The third-order valence-electron chi connectivity index (χ3n) is 3.17. The van der Waals surface area contributed by atoms with Gasteiger partial charge in [-0.3, -0.25) is 0 Å². The molecule has 0 amide bonds. The summed E-state index contributed by atoms with van der Waals surface area (Å²) in [5.41, 5.74) is 0. The molecule has 6 heteroatoms. The van der Waals surface area contributed by atoms with Gasteiger partial charge in [-0.25, -0.2) is 8.42 Å². The number of benzene rings is 1. The molecule has 0 bridgehead atoms. The zero-order valence-electron chi connectivity index (χ0n) is 14.0. The molecule has 0 aliphatic rings. The van der Waals surface area contributed by atoms with Crippen molar-refractivity contribution in [2.24, 2.45) is 5.92 Å². The second kappa shape index (κ2) is 8.81. The SMILES string of the molecule is C[C@H](COCOCC[Si](C)(C)C)CS(=O)(=O)c1ccccc1. The molecule has 0 N–H and O–H groups in total. The van der Waals surface area contributed by atoms with Crippen molar-refractivity contribution in [2.75, 3.05) is 25.8 Å². The largest absolute Gasteiger partial charge is 0.356 e. The van der Waals surface area contributed by atoms with Crippen LogP contribution in [-0.4, -0.2) is 42.3 Å². The van der Waals surface area contributed by atoms with Crippen molar-refractivity contribution < 1.29 is 17.9 Å². The van der Waals surface area contributed by atoms with Gasteiger partial charge in [0, 0.05) is 14.7 Å². The fourth-order valence-electron chi connectivity index (χ4n) is 1.89. The molecule has 0 aliphatic carbocycles. The number of sulfone groups is 1. The van der Waals surface area contributed by atoms with E-state index < -0.39 is 17.9 Å². The summed E-state index contributed by atoms with van der Waals surface area (Å²) in [5.74, 6) is 0.0251. The Morgan fingerprint density at radius 1 is 1.09 bits per heavy atom. The van der Waals surface area contributed by atoms with Gasteiger partial charge in [0.15, 0.2) is 9.84 Å². The summed E-state index contributed by atoms with van der Waals surface area (Å²) in [6.07, 6.45) is 0. The van der Waals surface area contributed by atoms with Crippen LogP contribution in [0.25, 0.3) is 0 Å². The lowest BCUT2D eigenvalue weighted by molar-refractivity contribution is -0.0572. The van der Waals surface area contributed by atoms with Gasteiger partial charge < -0.3 is 9.47 Å². The van der Waals surface area contributed by atoms with Crippen LogP contribution in [0.2, 0.25) is 25.7 Å². The van der Waals surface area contributed by atoms with Crippen LogP contribution in [0, 0.1) is 5.92 Å². The topological polar surface area (TPSA) is 52.6 Å². The monoisotopic (exact) mass is 344 g/mol. The van der Waals surface area contributed by atoms with Crippen LogP contribution < -0.4 is 0 Å². The first-order valence-corrected chi connectivity index (χ1v) is 13.0. The highest BCUT2D eigenvalue weighted by Crippen LogP contribution is 2.14. The highest BCUT2D eigenvalue weighted by atomic mass is 32.2. The first-order valence-electron chi connectivity index (χ1n) is 7.64. The average molecular weight is 345 g/mol. The molecule has 4 nitrogen and oxygen atoms in total. The van der Waals surface area contributed by atoms with Crippen molar-refractivity contribution in [3.05, 3.63) is 30.3 Å². The molecule has 0 saturated heterocycles. The van der Waals surface area contributed by atoms with Crippen LogP contribution in [0.3, 0.4) is 0 Å². The van der Waals surface area contributed by atoms with Gasteiger partial charge in [-0.2, -0.15) is 0 Å². The van der Waals surface area contributed by atoms with E-state index >= 15 is 0 Å². The summed E-state index contributed by atoms with van der Waals surface area (Å²) in [4.78, 5) is 0.369. The predicted octanol–water partition coefficient (Wildman–Crippen LogP) is 3.43. The van der Waals surface area contributed by atoms with Gasteiger partial charge in [-0.1, -0.05) is 44.8 Å². The molecule has 0 unspecified atom stereocenters. The molecule has 1 atom stereocenters. The summed E-state index contributed by atoms with van der Waals surface area (Å²) < 4.78 is 35.3. The third kappa shape index (κ3) is 8.08. The fourth-order valence-corrected chi connectivity index (χ4v) is 4.26. The molecule has 0 saturated carbocycles. The molecular formula is C16H28O4SSi. The van der Waals surface area contributed by atoms with Crippen LogP contribution in [0.5, 0.6) is 0 Å². The lowest BCUT2D eigenvalue weighted by Gasteiger charge is -2.16. The Morgan fingerprint density at radius 3 is 2.32 bits per heavy atom. The lowest BCUT2D eigenvalue weighted by Crippen LogP contribution is -2.22. The Morgan fingerprint density at radius 2 is 1.73 bits per heavy atom. The fraction of sp³-hybridized carbons (Fsp3) is 0.625. The number of ether oxygens (including phenoxy) is 2. The quantitative estimate of drug-likeness (QED) is 0.371. The average Bonchev–Trinajstić information content (AvgIpc) is 2.42. The van der Waals surface area contributed by atoms with Gasteiger partial charge in [0.2, 0.25) is 0 Å². The van der Waals surface area contributed by atoms with Gasteiger partial charge in [0.1, 0.15) is 6.79 Å². The van der Waals surface area contributed by atoms with E-state index in [0.29, 0.717) is 18.1 Å². The van der Waals surface area contributed by atoms with Crippen molar-refractivity contribution in [1.82, 2.24) is 0 Å². The van der Waals surface area contributed by atoms with Crippen LogP contribution in [0.4, 0.5) is 0 Å². The molecule has 126 valence electrons. The number of hydrogen-bond acceptors (Lipinski definition) is 4. The smallest absolute Gasteiger partial charge is 0.178 e. The zero-order valence-corrected chi connectivity index (χ0v) is 15.9. The molecule has 0 radical (unpaired) electrons. The van der Waals surface area contributed by atoms with E-state index in [-0.39, 0.29) is 18.5 Å². The van der Waals surface area contributed by atoms with Crippen LogP contribution in [-0.2, 0) is 19.3 Å². The summed E-state index contributed by atoms with van der Waals surface area (Å²) >= 11 is 0. The van der Waals surface area contributed by atoms with Crippen molar-refractivity contribution in [2.45, 2.75) is 37.5 Å². The molecule has 0 fully saturated rings. The van der Waals surface area contributed by atoms with Crippen molar-refractivity contribution in [3.8, 4) is 0 Å². The summed E-state index contributed by atoms with van der Waals surface area (Å²) in [5, 5.41) is 0. The van der Waals surface area contributed by atoms with Crippen molar-refractivity contribution >= 4 is 17.9 Å². The molecular weight excluding hydrogens is 316 g/mol. The molecule has 1 rings (SSSR count). The maximum Gasteiger partial charge on any atom is 0.178 e.